The number of nitrogens with zero attached hydrogens (tertiary/aromatic N) is 2. The van der Waals surface area contributed by atoms with Crippen LogP contribution in [0.25, 0.3) is 0 Å². The molecule has 0 bridgehead atoms. The number of carbonyl (C=O) groups excluding carboxylic acids is 2. The second-order valence-corrected chi connectivity index (χ2v) is 8.55. The highest BCUT2D eigenvalue weighted by Gasteiger charge is 2.28. The fraction of sp³-hybridized carbons (Fsp3) is 0.706. The summed E-state index contributed by atoms with van der Waals surface area (Å²) in [6.07, 6.45) is 2.15. The largest absolute Gasteiger partial charge is 0.376 e. The van der Waals surface area contributed by atoms with Gasteiger partial charge >= 0.3 is 0 Å². The van der Waals surface area contributed by atoms with Crippen molar-refractivity contribution < 1.29 is 14.3 Å². The minimum Gasteiger partial charge on any atom is -0.376 e. The topological polar surface area (TPSA) is 85.2 Å². The zero-order valence-corrected chi connectivity index (χ0v) is 15.9. The molecule has 25 heavy (non-hydrogen) atoms. The van der Waals surface area contributed by atoms with Gasteiger partial charge in [-0.3, -0.25) is 9.59 Å². The van der Waals surface area contributed by atoms with Crippen molar-refractivity contribution in [3.05, 3.63) is 11.3 Å². The van der Waals surface area contributed by atoms with Gasteiger partial charge in [-0.2, -0.15) is 16.9 Å². The Morgan fingerprint density at radius 2 is 2.16 bits per heavy atom. The Balaban J connectivity index is 1.68. The third-order valence-corrected chi connectivity index (χ3v) is 5.35. The molecule has 3 heterocycles. The molecule has 1 aromatic rings. The van der Waals surface area contributed by atoms with E-state index in [4.69, 9.17) is 4.74 Å². The summed E-state index contributed by atoms with van der Waals surface area (Å²) in [5.74, 6) is 2.10. The molecular formula is C17H26N4O3S. The third-order valence-electron chi connectivity index (χ3n) is 4.38. The van der Waals surface area contributed by atoms with E-state index in [0.29, 0.717) is 12.4 Å². The van der Waals surface area contributed by atoms with E-state index in [9.17, 15) is 9.59 Å². The molecule has 2 aliphatic heterocycles. The van der Waals surface area contributed by atoms with E-state index in [2.05, 4.69) is 15.7 Å². The van der Waals surface area contributed by atoms with E-state index < -0.39 is 5.41 Å². The zero-order valence-electron chi connectivity index (χ0n) is 15.1. The summed E-state index contributed by atoms with van der Waals surface area (Å²) >= 11 is 1.77. The molecule has 7 nitrogen and oxygen atoms in total. The lowest BCUT2D eigenvalue weighted by Crippen LogP contribution is -2.35. The summed E-state index contributed by atoms with van der Waals surface area (Å²) in [6.45, 7) is 7.00. The molecule has 0 aliphatic carbocycles. The highest BCUT2D eigenvalue weighted by Crippen LogP contribution is 2.35. The molecule has 0 aromatic carbocycles. The lowest BCUT2D eigenvalue weighted by atomic mass is 9.96. The first-order chi connectivity index (χ1) is 11.8. The minimum absolute atomic E-state index is 0.0758. The molecule has 2 amide bonds. The fourth-order valence-corrected chi connectivity index (χ4v) is 3.88. The van der Waals surface area contributed by atoms with Crippen LogP contribution >= 0.6 is 11.8 Å². The molecule has 8 heteroatoms. The van der Waals surface area contributed by atoms with Crippen molar-refractivity contribution in [3.63, 3.8) is 0 Å². The Hall–Kier alpha value is -1.54. The van der Waals surface area contributed by atoms with Gasteiger partial charge in [-0.05, 0) is 12.8 Å². The summed E-state index contributed by atoms with van der Waals surface area (Å²) in [7, 11) is 0. The molecule has 3 rings (SSSR count). The average Bonchev–Trinajstić information content (AvgIpc) is 3.24. The maximum Gasteiger partial charge on any atom is 0.241 e. The maximum atomic E-state index is 12.4. The number of carbonyl (C=O) groups is 2. The molecule has 1 atom stereocenters. The van der Waals surface area contributed by atoms with Gasteiger partial charge in [0.2, 0.25) is 11.8 Å². The number of aromatic nitrogens is 2. The van der Waals surface area contributed by atoms with Crippen LogP contribution in [0.1, 0.15) is 44.9 Å². The zero-order chi connectivity index (χ0) is 18.0. The Morgan fingerprint density at radius 1 is 1.36 bits per heavy atom. The van der Waals surface area contributed by atoms with Crippen LogP contribution in [0.5, 0.6) is 0 Å². The Labute approximate surface area is 152 Å². The van der Waals surface area contributed by atoms with Gasteiger partial charge in [-0.15, -0.1) is 0 Å². The van der Waals surface area contributed by atoms with Crippen LogP contribution in [-0.2, 0) is 32.4 Å². The standard InChI is InChI=1S/C17H26N4O3S/c1-17(2,3)16(23)19-15-12-9-25-10-13(12)20-21(15)8-14(22)18-7-11-5-4-6-24-11/h11H,4-10H2,1-3H3,(H,18,22)(H,19,23). The first-order valence-corrected chi connectivity index (χ1v) is 9.86. The van der Waals surface area contributed by atoms with E-state index in [1.54, 1.807) is 16.4 Å². The van der Waals surface area contributed by atoms with Crippen LogP contribution in [0, 0.1) is 5.41 Å². The summed E-state index contributed by atoms with van der Waals surface area (Å²) in [5, 5.41) is 10.4. The van der Waals surface area contributed by atoms with Crippen molar-refractivity contribution >= 4 is 29.4 Å². The molecule has 1 aromatic heterocycles. The van der Waals surface area contributed by atoms with Gasteiger partial charge in [-0.1, -0.05) is 20.8 Å². The number of amides is 2. The number of hydrogen-bond donors (Lipinski definition) is 2. The van der Waals surface area contributed by atoms with Gasteiger partial charge in [0.05, 0.1) is 11.8 Å². The van der Waals surface area contributed by atoms with Crippen molar-refractivity contribution in [2.45, 2.75) is 57.8 Å². The van der Waals surface area contributed by atoms with Crippen molar-refractivity contribution in [3.8, 4) is 0 Å². The third kappa shape index (κ3) is 4.36. The van der Waals surface area contributed by atoms with Crippen LogP contribution in [0.4, 0.5) is 5.82 Å². The smallest absolute Gasteiger partial charge is 0.241 e. The second kappa shape index (κ2) is 7.37. The molecule has 2 aliphatic rings. The van der Waals surface area contributed by atoms with Crippen LogP contribution < -0.4 is 10.6 Å². The van der Waals surface area contributed by atoms with Gasteiger partial charge in [0.1, 0.15) is 12.4 Å². The predicted octanol–water partition coefficient (Wildman–Crippen LogP) is 1.91. The highest BCUT2D eigenvalue weighted by molar-refractivity contribution is 7.98. The average molecular weight is 366 g/mol. The SMILES string of the molecule is CC(C)(C)C(=O)Nc1c2c(nn1CC(=O)NCC1CCCO1)CSC2. The predicted molar refractivity (Wildman–Crippen MR) is 97.3 cm³/mol. The highest BCUT2D eigenvalue weighted by atomic mass is 32.2. The number of ether oxygens (including phenoxy) is 1. The quantitative estimate of drug-likeness (QED) is 0.831. The van der Waals surface area contributed by atoms with Gasteiger partial charge in [-0.25, -0.2) is 4.68 Å². The Bertz CT molecular complexity index is 660. The van der Waals surface area contributed by atoms with Crippen LogP contribution in [0.2, 0.25) is 0 Å². The van der Waals surface area contributed by atoms with Gasteiger partial charge < -0.3 is 15.4 Å². The van der Waals surface area contributed by atoms with E-state index in [1.165, 1.54) is 0 Å². The molecule has 2 N–H and O–H groups in total. The number of rotatable bonds is 5. The number of anilines is 1. The first kappa shape index (κ1) is 18.3. The lowest BCUT2D eigenvalue weighted by Gasteiger charge is -2.19. The van der Waals surface area contributed by atoms with Crippen molar-refractivity contribution in [2.24, 2.45) is 5.41 Å². The number of nitrogens with one attached hydrogen (secondary N) is 2. The Kier molecular flexibility index (Phi) is 5.38. The summed E-state index contributed by atoms with van der Waals surface area (Å²) in [4.78, 5) is 24.7. The summed E-state index contributed by atoms with van der Waals surface area (Å²) in [5.41, 5.74) is 1.49. The van der Waals surface area contributed by atoms with Crippen molar-refractivity contribution in [1.29, 1.82) is 0 Å². The Morgan fingerprint density at radius 3 is 2.84 bits per heavy atom. The second-order valence-electron chi connectivity index (χ2n) is 7.57. The molecule has 1 saturated heterocycles. The van der Waals surface area contributed by atoms with E-state index in [1.807, 2.05) is 20.8 Å². The minimum atomic E-state index is -0.504. The molecule has 1 fully saturated rings. The fourth-order valence-electron chi connectivity index (χ4n) is 2.84. The molecule has 138 valence electrons. The number of fused-ring (bicyclic) bond motifs is 1. The number of hydrogen-bond acceptors (Lipinski definition) is 5. The first-order valence-electron chi connectivity index (χ1n) is 8.70. The van der Waals surface area contributed by atoms with Crippen molar-refractivity contribution in [1.82, 2.24) is 15.1 Å². The normalized spacial score (nSPS) is 19.7. The molecule has 0 spiro atoms. The maximum absolute atomic E-state index is 12.4. The number of thioether (sulfide) groups is 1. The van der Waals surface area contributed by atoms with Crippen LogP contribution in [0.3, 0.4) is 0 Å². The van der Waals surface area contributed by atoms with E-state index in [0.717, 1.165) is 42.2 Å². The van der Waals surface area contributed by atoms with Gasteiger partial charge in [0.15, 0.2) is 0 Å². The summed E-state index contributed by atoms with van der Waals surface area (Å²) < 4.78 is 7.14. The van der Waals surface area contributed by atoms with E-state index in [-0.39, 0.29) is 24.5 Å². The van der Waals surface area contributed by atoms with Gasteiger partial charge in [0, 0.05) is 35.6 Å². The molecule has 1 unspecified atom stereocenters. The summed E-state index contributed by atoms with van der Waals surface area (Å²) in [6, 6.07) is 0. The van der Waals surface area contributed by atoms with Crippen LogP contribution in [-0.4, -0.2) is 40.9 Å². The monoisotopic (exact) mass is 366 g/mol. The van der Waals surface area contributed by atoms with Crippen molar-refractivity contribution in [2.75, 3.05) is 18.5 Å². The molecule has 0 saturated carbocycles. The molecule has 0 radical (unpaired) electrons. The van der Waals surface area contributed by atoms with Gasteiger partial charge in [0.25, 0.3) is 0 Å². The molecular weight excluding hydrogens is 340 g/mol. The van der Waals surface area contributed by atoms with Crippen LogP contribution in [0.15, 0.2) is 0 Å². The van der Waals surface area contributed by atoms with E-state index >= 15 is 0 Å². The lowest BCUT2D eigenvalue weighted by molar-refractivity contribution is -0.124.